The molecular weight excluding hydrogens is 364 g/mol. The van der Waals surface area contributed by atoms with Gasteiger partial charge in [-0.1, -0.05) is 13.0 Å². The molecule has 0 radical (unpaired) electrons. The molecule has 3 N–H and O–H groups in total. The SMILES string of the molecule is CC[C@H](C)Nc1ncc2cc(-c3cc(C(=O)NC4CC4)ccc3C)c(O)cc2n1. The van der Waals surface area contributed by atoms with Crippen molar-refractivity contribution < 1.29 is 9.90 Å². The van der Waals surface area contributed by atoms with E-state index >= 15 is 0 Å². The van der Waals surface area contributed by atoms with Gasteiger partial charge in [-0.3, -0.25) is 4.79 Å². The molecule has 0 aliphatic heterocycles. The molecule has 1 aliphatic rings. The standard InChI is InChI=1S/C23H26N4O2/c1-4-14(3)25-23-24-12-16-10-19(21(28)11-20(16)27-23)18-9-15(6-5-13(18)2)22(29)26-17-7-8-17/h5-6,9-12,14,17,28H,4,7-8H2,1-3H3,(H,26,29)(H,24,25,27)/t14-/m0/s1. The molecule has 3 aromatic rings. The van der Waals surface area contributed by atoms with Crippen molar-refractivity contribution in [2.45, 2.75) is 52.1 Å². The quantitative estimate of drug-likeness (QED) is 0.580. The highest BCUT2D eigenvalue weighted by molar-refractivity contribution is 5.97. The second-order valence-electron chi connectivity index (χ2n) is 7.85. The van der Waals surface area contributed by atoms with Crippen LogP contribution in [0.25, 0.3) is 22.0 Å². The molecule has 1 heterocycles. The fourth-order valence-corrected chi connectivity index (χ4v) is 3.23. The third-order valence-corrected chi connectivity index (χ3v) is 5.39. The number of aryl methyl sites for hydroxylation is 1. The van der Waals surface area contributed by atoms with Crippen LogP contribution >= 0.6 is 0 Å². The Morgan fingerprint density at radius 3 is 2.76 bits per heavy atom. The van der Waals surface area contributed by atoms with Gasteiger partial charge in [0.05, 0.1) is 5.52 Å². The molecule has 150 valence electrons. The number of aromatic hydroxyl groups is 1. The van der Waals surface area contributed by atoms with E-state index < -0.39 is 0 Å². The predicted molar refractivity (Wildman–Crippen MR) is 115 cm³/mol. The molecule has 2 aromatic carbocycles. The van der Waals surface area contributed by atoms with E-state index in [1.165, 1.54) is 0 Å². The molecule has 0 unspecified atom stereocenters. The minimum absolute atomic E-state index is 0.0712. The topological polar surface area (TPSA) is 87.1 Å². The number of phenolic OH excluding ortho intramolecular Hbond substituents is 1. The first kappa shape index (κ1) is 19.2. The summed E-state index contributed by atoms with van der Waals surface area (Å²) < 4.78 is 0. The van der Waals surface area contributed by atoms with Crippen LogP contribution in [-0.2, 0) is 0 Å². The van der Waals surface area contributed by atoms with Gasteiger partial charge in [0.2, 0.25) is 5.95 Å². The smallest absolute Gasteiger partial charge is 0.251 e. The van der Waals surface area contributed by atoms with E-state index in [9.17, 15) is 9.90 Å². The summed E-state index contributed by atoms with van der Waals surface area (Å²) in [5.41, 5.74) is 3.75. The van der Waals surface area contributed by atoms with E-state index in [1.54, 1.807) is 12.3 Å². The largest absolute Gasteiger partial charge is 0.507 e. The lowest BCUT2D eigenvalue weighted by Gasteiger charge is -2.14. The Morgan fingerprint density at radius 1 is 1.24 bits per heavy atom. The highest BCUT2D eigenvalue weighted by Gasteiger charge is 2.24. The molecule has 1 atom stereocenters. The van der Waals surface area contributed by atoms with Crippen molar-refractivity contribution in [3.63, 3.8) is 0 Å². The normalized spacial score (nSPS) is 14.6. The molecular formula is C23H26N4O2. The number of nitrogens with zero attached hydrogens (tertiary/aromatic N) is 2. The molecule has 0 bridgehead atoms. The first-order valence-corrected chi connectivity index (χ1v) is 10.1. The van der Waals surface area contributed by atoms with Gasteiger partial charge in [-0.2, -0.15) is 0 Å². The summed E-state index contributed by atoms with van der Waals surface area (Å²) in [6, 6.07) is 9.69. The summed E-state index contributed by atoms with van der Waals surface area (Å²) in [6.45, 7) is 6.14. The van der Waals surface area contributed by atoms with Crippen LogP contribution in [0.3, 0.4) is 0 Å². The number of hydrogen-bond acceptors (Lipinski definition) is 5. The number of anilines is 1. The molecule has 29 heavy (non-hydrogen) atoms. The molecule has 0 saturated heterocycles. The Labute approximate surface area is 170 Å². The number of rotatable bonds is 6. The maximum absolute atomic E-state index is 12.4. The molecule has 6 nitrogen and oxygen atoms in total. The number of hydrogen-bond donors (Lipinski definition) is 3. The van der Waals surface area contributed by atoms with Crippen LogP contribution in [0.1, 0.15) is 49.0 Å². The molecule has 4 rings (SSSR count). The lowest BCUT2D eigenvalue weighted by Crippen LogP contribution is -2.25. The zero-order valence-electron chi connectivity index (χ0n) is 17.0. The summed E-state index contributed by atoms with van der Waals surface area (Å²) >= 11 is 0. The van der Waals surface area contributed by atoms with E-state index in [1.807, 2.05) is 31.2 Å². The summed E-state index contributed by atoms with van der Waals surface area (Å²) in [7, 11) is 0. The number of aromatic nitrogens is 2. The second kappa shape index (κ2) is 7.70. The van der Waals surface area contributed by atoms with Gasteiger partial charge in [-0.25, -0.2) is 9.97 Å². The Bertz CT molecular complexity index is 1080. The van der Waals surface area contributed by atoms with E-state index in [2.05, 4.69) is 34.4 Å². The Balaban J connectivity index is 1.70. The van der Waals surface area contributed by atoms with Gasteiger partial charge in [0.25, 0.3) is 5.91 Å². The number of carbonyl (C=O) groups is 1. The Morgan fingerprint density at radius 2 is 2.03 bits per heavy atom. The molecule has 1 aromatic heterocycles. The van der Waals surface area contributed by atoms with E-state index in [4.69, 9.17) is 0 Å². The zero-order chi connectivity index (χ0) is 20.5. The van der Waals surface area contributed by atoms with Crippen molar-refractivity contribution >= 4 is 22.8 Å². The van der Waals surface area contributed by atoms with Gasteiger partial charge in [-0.15, -0.1) is 0 Å². The van der Waals surface area contributed by atoms with Crippen LogP contribution in [0.4, 0.5) is 5.95 Å². The van der Waals surface area contributed by atoms with E-state index in [0.29, 0.717) is 28.6 Å². The summed E-state index contributed by atoms with van der Waals surface area (Å²) in [6.07, 6.45) is 4.82. The van der Waals surface area contributed by atoms with Gasteiger partial charge in [0.1, 0.15) is 5.75 Å². The lowest BCUT2D eigenvalue weighted by molar-refractivity contribution is 0.0951. The molecule has 0 spiro atoms. The third kappa shape index (κ3) is 4.16. The van der Waals surface area contributed by atoms with Gasteiger partial charge in [0, 0.05) is 40.9 Å². The van der Waals surface area contributed by atoms with Crippen molar-refractivity contribution in [3.8, 4) is 16.9 Å². The summed E-state index contributed by atoms with van der Waals surface area (Å²) in [5, 5.41) is 17.8. The predicted octanol–water partition coefficient (Wildman–Crippen LogP) is 4.41. The summed E-state index contributed by atoms with van der Waals surface area (Å²) in [4.78, 5) is 21.4. The number of amides is 1. The fourth-order valence-electron chi connectivity index (χ4n) is 3.23. The molecule has 6 heteroatoms. The van der Waals surface area contributed by atoms with Crippen LogP contribution in [0.5, 0.6) is 5.75 Å². The zero-order valence-corrected chi connectivity index (χ0v) is 17.0. The average Bonchev–Trinajstić information content (AvgIpc) is 3.51. The van der Waals surface area contributed by atoms with Crippen LogP contribution in [-0.4, -0.2) is 33.1 Å². The Kier molecular flexibility index (Phi) is 5.09. The highest BCUT2D eigenvalue weighted by Crippen LogP contribution is 2.35. The molecule has 1 saturated carbocycles. The number of carbonyl (C=O) groups excluding carboxylic acids is 1. The lowest BCUT2D eigenvalue weighted by atomic mass is 9.96. The number of phenols is 1. The van der Waals surface area contributed by atoms with Gasteiger partial charge >= 0.3 is 0 Å². The summed E-state index contributed by atoms with van der Waals surface area (Å²) in [5.74, 6) is 0.612. The highest BCUT2D eigenvalue weighted by atomic mass is 16.3. The number of fused-ring (bicyclic) bond motifs is 1. The fraction of sp³-hybridized carbons (Fsp3) is 0.348. The maximum atomic E-state index is 12.4. The number of benzene rings is 2. The van der Waals surface area contributed by atoms with Crippen molar-refractivity contribution in [2.75, 3.05) is 5.32 Å². The minimum atomic E-state index is -0.0712. The van der Waals surface area contributed by atoms with Crippen molar-refractivity contribution in [2.24, 2.45) is 0 Å². The second-order valence-corrected chi connectivity index (χ2v) is 7.85. The first-order valence-electron chi connectivity index (χ1n) is 10.1. The van der Waals surface area contributed by atoms with Crippen LogP contribution in [0.2, 0.25) is 0 Å². The molecule has 1 fully saturated rings. The van der Waals surface area contributed by atoms with Gasteiger partial charge < -0.3 is 15.7 Å². The van der Waals surface area contributed by atoms with E-state index in [0.717, 1.165) is 35.8 Å². The molecule has 1 aliphatic carbocycles. The average molecular weight is 390 g/mol. The van der Waals surface area contributed by atoms with Gasteiger partial charge in [0.15, 0.2) is 0 Å². The Hall–Kier alpha value is -3.15. The van der Waals surface area contributed by atoms with Crippen LogP contribution in [0, 0.1) is 6.92 Å². The van der Waals surface area contributed by atoms with Crippen molar-refractivity contribution in [1.29, 1.82) is 0 Å². The van der Waals surface area contributed by atoms with Crippen LogP contribution < -0.4 is 10.6 Å². The molecule has 1 amide bonds. The van der Waals surface area contributed by atoms with E-state index in [-0.39, 0.29) is 17.7 Å². The minimum Gasteiger partial charge on any atom is -0.507 e. The number of nitrogens with one attached hydrogen (secondary N) is 2. The van der Waals surface area contributed by atoms with Crippen molar-refractivity contribution in [1.82, 2.24) is 15.3 Å². The first-order chi connectivity index (χ1) is 13.9. The van der Waals surface area contributed by atoms with Crippen molar-refractivity contribution in [3.05, 3.63) is 47.7 Å². The third-order valence-electron chi connectivity index (χ3n) is 5.39. The monoisotopic (exact) mass is 390 g/mol. The van der Waals surface area contributed by atoms with Gasteiger partial charge in [-0.05, 0) is 62.4 Å². The maximum Gasteiger partial charge on any atom is 0.251 e. The van der Waals surface area contributed by atoms with Crippen LogP contribution in [0.15, 0.2) is 36.5 Å².